The minimum absolute atomic E-state index is 0.0964. The number of benzene rings is 2. The van der Waals surface area contributed by atoms with Crippen LogP contribution in [0.2, 0.25) is 10.0 Å². The van der Waals surface area contributed by atoms with Crippen LogP contribution in [-0.4, -0.2) is 26.4 Å². The van der Waals surface area contributed by atoms with Crippen LogP contribution in [0.1, 0.15) is 36.9 Å². The molecule has 2 aromatic carbocycles. The molecular weight excluding hydrogens is 455 g/mol. The average Bonchev–Trinajstić information content (AvgIpc) is 3.15. The van der Waals surface area contributed by atoms with E-state index in [0.29, 0.717) is 33.3 Å². The zero-order chi connectivity index (χ0) is 22.5. The van der Waals surface area contributed by atoms with Gasteiger partial charge in [-0.1, -0.05) is 47.1 Å². The van der Waals surface area contributed by atoms with Gasteiger partial charge in [0.05, 0.1) is 10.8 Å². The molecule has 0 fully saturated rings. The summed E-state index contributed by atoms with van der Waals surface area (Å²) in [4.78, 5) is 12.5. The quantitative estimate of drug-likeness (QED) is 0.396. The van der Waals surface area contributed by atoms with Crippen LogP contribution in [0, 0.1) is 13.8 Å². The molecule has 0 spiro atoms. The van der Waals surface area contributed by atoms with Crippen LogP contribution in [0.25, 0.3) is 0 Å². The topological polar surface area (TPSA) is 69.0 Å². The molecule has 1 N–H and O–H groups in total. The van der Waals surface area contributed by atoms with Gasteiger partial charge in [-0.2, -0.15) is 0 Å². The lowest BCUT2D eigenvalue weighted by Gasteiger charge is -2.16. The molecule has 6 nitrogen and oxygen atoms in total. The van der Waals surface area contributed by atoms with Gasteiger partial charge in [-0.3, -0.25) is 4.79 Å². The van der Waals surface area contributed by atoms with Crippen molar-refractivity contribution in [3.05, 3.63) is 63.4 Å². The Morgan fingerprint density at radius 2 is 2.00 bits per heavy atom. The van der Waals surface area contributed by atoms with Crippen molar-refractivity contribution in [2.45, 2.75) is 45.5 Å². The molecule has 164 valence electrons. The number of amides is 1. The molecule has 1 unspecified atom stereocenters. The highest BCUT2D eigenvalue weighted by molar-refractivity contribution is 7.99. The fourth-order valence-corrected chi connectivity index (χ4v) is 4.15. The Labute approximate surface area is 196 Å². The number of nitrogens with zero attached hydrogens (tertiary/aromatic N) is 3. The van der Waals surface area contributed by atoms with Crippen LogP contribution in [0.3, 0.4) is 0 Å². The molecule has 0 aliphatic rings. The average molecular weight is 479 g/mol. The van der Waals surface area contributed by atoms with Crippen molar-refractivity contribution >= 4 is 46.6 Å². The molecule has 3 rings (SSSR count). The zero-order valence-corrected chi connectivity index (χ0v) is 20.1. The molecule has 0 radical (unpaired) electrons. The molecule has 1 aromatic heterocycles. The first-order chi connectivity index (χ1) is 14.8. The van der Waals surface area contributed by atoms with E-state index < -0.39 is 6.10 Å². The van der Waals surface area contributed by atoms with Gasteiger partial charge in [0.1, 0.15) is 5.75 Å². The van der Waals surface area contributed by atoms with E-state index in [9.17, 15) is 4.79 Å². The number of anilines is 1. The Morgan fingerprint density at radius 3 is 2.74 bits per heavy atom. The number of halogens is 2. The molecule has 1 heterocycles. The Bertz CT molecular complexity index is 1090. The molecule has 31 heavy (non-hydrogen) atoms. The Balaban J connectivity index is 1.67. The van der Waals surface area contributed by atoms with E-state index in [1.54, 1.807) is 18.2 Å². The summed E-state index contributed by atoms with van der Waals surface area (Å²) in [5, 5.41) is 13.2. The van der Waals surface area contributed by atoms with Crippen molar-refractivity contribution in [1.29, 1.82) is 0 Å². The maximum Gasteiger partial charge on any atom is 0.234 e. The Kier molecular flexibility index (Phi) is 7.86. The number of carbonyl (C=O) groups is 1. The summed E-state index contributed by atoms with van der Waals surface area (Å²) in [7, 11) is 0. The van der Waals surface area contributed by atoms with Gasteiger partial charge in [0.15, 0.2) is 17.1 Å². The molecular formula is C22H24Cl2N4O2S. The van der Waals surface area contributed by atoms with Crippen molar-refractivity contribution < 1.29 is 9.53 Å². The van der Waals surface area contributed by atoms with Crippen molar-refractivity contribution in [3.63, 3.8) is 0 Å². The second-order valence-electron chi connectivity index (χ2n) is 7.00. The molecule has 0 aliphatic heterocycles. The first-order valence-corrected chi connectivity index (χ1v) is 11.6. The highest BCUT2D eigenvalue weighted by Crippen LogP contribution is 2.32. The van der Waals surface area contributed by atoms with Gasteiger partial charge in [0.25, 0.3) is 0 Å². The lowest BCUT2D eigenvalue weighted by atomic mass is 10.1. The molecule has 1 atom stereocenters. The van der Waals surface area contributed by atoms with Crippen LogP contribution >= 0.6 is 35.0 Å². The molecule has 0 bridgehead atoms. The molecule has 0 aliphatic carbocycles. The van der Waals surface area contributed by atoms with Crippen molar-refractivity contribution in [3.8, 4) is 5.75 Å². The fourth-order valence-electron chi connectivity index (χ4n) is 3.02. The van der Waals surface area contributed by atoms with Crippen LogP contribution in [0.4, 0.5) is 5.69 Å². The fraction of sp³-hybridized carbons (Fsp3) is 0.318. The van der Waals surface area contributed by atoms with Crippen molar-refractivity contribution in [2.24, 2.45) is 0 Å². The van der Waals surface area contributed by atoms with Gasteiger partial charge in [0.2, 0.25) is 5.91 Å². The molecule has 0 saturated carbocycles. The number of aromatic nitrogens is 3. The van der Waals surface area contributed by atoms with Crippen molar-refractivity contribution in [1.82, 2.24) is 14.8 Å². The number of carbonyl (C=O) groups excluding carboxylic acids is 1. The number of aryl methyl sites for hydroxylation is 1. The van der Waals surface area contributed by atoms with E-state index in [0.717, 1.165) is 16.8 Å². The number of rotatable bonds is 8. The van der Waals surface area contributed by atoms with Crippen molar-refractivity contribution in [2.75, 3.05) is 11.1 Å². The second-order valence-corrected chi connectivity index (χ2v) is 8.79. The van der Waals surface area contributed by atoms with E-state index in [1.807, 2.05) is 50.5 Å². The summed E-state index contributed by atoms with van der Waals surface area (Å²) in [5.41, 5.74) is 3.02. The Morgan fingerprint density at radius 1 is 1.23 bits per heavy atom. The highest BCUT2D eigenvalue weighted by Gasteiger charge is 2.20. The van der Waals surface area contributed by atoms with Gasteiger partial charge >= 0.3 is 0 Å². The maximum atomic E-state index is 12.5. The number of hydrogen-bond acceptors (Lipinski definition) is 5. The van der Waals surface area contributed by atoms with Crippen LogP contribution < -0.4 is 10.1 Å². The number of hydrogen-bond donors (Lipinski definition) is 1. The third-order valence-electron chi connectivity index (χ3n) is 4.83. The smallest absolute Gasteiger partial charge is 0.234 e. The number of nitrogens with one attached hydrogen (secondary N) is 1. The van der Waals surface area contributed by atoms with E-state index in [1.165, 1.54) is 11.8 Å². The minimum Gasteiger partial charge on any atom is -0.481 e. The van der Waals surface area contributed by atoms with Crippen LogP contribution in [0.5, 0.6) is 5.75 Å². The SMILES string of the molecule is CCn1c(SCC(=O)Nc2cccc(C)c2C)nnc1C(C)Oc1cc(Cl)ccc1Cl. The molecule has 1 amide bonds. The zero-order valence-electron chi connectivity index (χ0n) is 17.8. The largest absolute Gasteiger partial charge is 0.481 e. The molecule has 3 aromatic rings. The minimum atomic E-state index is -0.401. The van der Waals surface area contributed by atoms with E-state index in [-0.39, 0.29) is 11.7 Å². The van der Waals surface area contributed by atoms with Gasteiger partial charge in [-0.15, -0.1) is 10.2 Å². The summed E-state index contributed by atoms with van der Waals surface area (Å²) in [6, 6.07) is 10.9. The molecule has 9 heteroatoms. The van der Waals surface area contributed by atoms with Crippen LogP contribution in [0.15, 0.2) is 41.6 Å². The standard InChI is InChI=1S/C22H24Cl2N4O2S/c1-5-28-21(15(4)30-19-11-16(23)9-10-17(19)24)26-27-22(28)31-12-20(29)25-18-8-6-7-13(2)14(18)3/h6-11,15H,5,12H2,1-4H3,(H,25,29). The Hall–Kier alpha value is -2.22. The third kappa shape index (κ3) is 5.73. The lowest BCUT2D eigenvalue weighted by molar-refractivity contribution is -0.113. The number of ether oxygens (including phenoxy) is 1. The van der Waals surface area contributed by atoms with Gasteiger partial charge in [-0.25, -0.2) is 0 Å². The number of thioether (sulfide) groups is 1. The van der Waals surface area contributed by atoms with Gasteiger partial charge in [-0.05, 0) is 57.0 Å². The summed E-state index contributed by atoms with van der Waals surface area (Å²) < 4.78 is 7.90. The normalized spacial score (nSPS) is 11.9. The predicted molar refractivity (Wildman–Crippen MR) is 126 cm³/mol. The second kappa shape index (κ2) is 10.4. The predicted octanol–water partition coefficient (Wildman–Crippen LogP) is 6.09. The maximum absolute atomic E-state index is 12.5. The van der Waals surface area contributed by atoms with E-state index >= 15 is 0 Å². The van der Waals surface area contributed by atoms with Gasteiger partial charge < -0.3 is 14.6 Å². The monoisotopic (exact) mass is 478 g/mol. The summed E-state index contributed by atoms with van der Waals surface area (Å²) in [6.07, 6.45) is -0.401. The third-order valence-corrected chi connectivity index (χ3v) is 6.35. The first-order valence-electron chi connectivity index (χ1n) is 9.83. The summed E-state index contributed by atoms with van der Waals surface area (Å²) in [5.74, 6) is 1.26. The molecule has 0 saturated heterocycles. The summed E-state index contributed by atoms with van der Waals surface area (Å²) in [6.45, 7) is 8.51. The van der Waals surface area contributed by atoms with Gasteiger partial charge in [0, 0.05) is 23.3 Å². The first kappa shape index (κ1) is 23.4. The van der Waals surface area contributed by atoms with E-state index in [2.05, 4.69) is 15.5 Å². The lowest BCUT2D eigenvalue weighted by Crippen LogP contribution is -2.16. The summed E-state index contributed by atoms with van der Waals surface area (Å²) >= 11 is 13.6. The highest BCUT2D eigenvalue weighted by atomic mass is 35.5. The van der Waals surface area contributed by atoms with Crippen LogP contribution in [-0.2, 0) is 11.3 Å². The van der Waals surface area contributed by atoms with E-state index in [4.69, 9.17) is 27.9 Å².